The van der Waals surface area contributed by atoms with Gasteiger partial charge in [-0.15, -0.1) is 5.73 Å². The van der Waals surface area contributed by atoms with Crippen LogP contribution >= 0.6 is 0 Å². The van der Waals surface area contributed by atoms with Crippen molar-refractivity contribution in [3.8, 4) is 0 Å². The zero-order chi connectivity index (χ0) is 13.5. The third kappa shape index (κ3) is 3.75. The first-order valence-corrected chi connectivity index (χ1v) is 6.64. The van der Waals surface area contributed by atoms with Crippen LogP contribution in [0.1, 0.15) is 48.7 Å². The Morgan fingerprint density at radius 1 is 1.50 bits per heavy atom. The number of aryl methyl sites for hydroxylation is 1. The molecule has 0 saturated carbocycles. The summed E-state index contributed by atoms with van der Waals surface area (Å²) in [6.45, 7) is 13.2. The monoisotopic (exact) mass is 244 g/mol. The first-order valence-electron chi connectivity index (χ1n) is 6.64. The Balaban J connectivity index is 2.86. The topological polar surface area (TPSA) is 24.9 Å². The van der Waals surface area contributed by atoms with Gasteiger partial charge in [-0.2, -0.15) is 0 Å². The van der Waals surface area contributed by atoms with Crippen molar-refractivity contribution in [1.29, 1.82) is 0 Å². The average Bonchev–Trinajstić information content (AvgIpc) is 2.37. The summed E-state index contributed by atoms with van der Waals surface area (Å²) >= 11 is 0. The SMILES string of the molecule is C=C=CNCCc1cc(C(C)CC)c(C)c(C)n1. The highest BCUT2D eigenvalue weighted by Crippen LogP contribution is 2.24. The Hall–Kier alpha value is -1.53. The van der Waals surface area contributed by atoms with Gasteiger partial charge in [0.2, 0.25) is 0 Å². The lowest BCUT2D eigenvalue weighted by Crippen LogP contribution is -2.12. The molecule has 0 saturated heterocycles. The highest BCUT2D eigenvalue weighted by Gasteiger charge is 2.10. The lowest BCUT2D eigenvalue weighted by Gasteiger charge is -2.16. The maximum Gasteiger partial charge on any atom is 0.0427 e. The highest BCUT2D eigenvalue weighted by molar-refractivity contribution is 5.33. The second-order valence-corrected chi connectivity index (χ2v) is 4.78. The van der Waals surface area contributed by atoms with Crippen LogP contribution in [0.3, 0.4) is 0 Å². The summed E-state index contributed by atoms with van der Waals surface area (Å²) in [5.74, 6) is 0.603. The van der Waals surface area contributed by atoms with E-state index in [0.717, 1.165) is 18.7 Å². The molecule has 0 spiro atoms. The van der Waals surface area contributed by atoms with Gasteiger partial charge in [-0.25, -0.2) is 0 Å². The van der Waals surface area contributed by atoms with Crippen LogP contribution in [-0.2, 0) is 6.42 Å². The summed E-state index contributed by atoms with van der Waals surface area (Å²) in [5, 5.41) is 3.14. The van der Waals surface area contributed by atoms with E-state index in [0.29, 0.717) is 5.92 Å². The van der Waals surface area contributed by atoms with E-state index in [4.69, 9.17) is 0 Å². The van der Waals surface area contributed by atoms with Gasteiger partial charge in [-0.05, 0) is 43.4 Å². The van der Waals surface area contributed by atoms with Crippen LogP contribution in [0.15, 0.2) is 24.6 Å². The van der Waals surface area contributed by atoms with Crippen molar-refractivity contribution in [3.63, 3.8) is 0 Å². The first-order chi connectivity index (χ1) is 8.60. The Morgan fingerprint density at radius 2 is 2.22 bits per heavy atom. The molecule has 2 heteroatoms. The molecule has 1 unspecified atom stereocenters. The Labute approximate surface area is 111 Å². The summed E-state index contributed by atoms with van der Waals surface area (Å²) in [5.41, 5.74) is 7.81. The van der Waals surface area contributed by atoms with Crippen LogP contribution in [0.5, 0.6) is 0 Å². The summed E-state index contributed by atoms with van der Waals surface area (Å²) < 4.78 is 0. The lowest BCUT2D eigenvalue weighted by atomic mass is 9.93. The molecule has 1 aromatic rings. The number of aromatic nitrogens is 1. The van der Waals surface area contributed by atoms with Gasteiger partial charge in [0.15, 0.2) is 0 Å². The van der Waals surface area contributed by atoms with E-state index in [-0.39, 0.29) is 0 Å². The van der Waals surface area contributed by atoms with Crippen LogP contribution in [0.2, 0.25) is 0 Å². The standard InChI is InChI=1S/C16H24N2/c1-6-9-17-10-8-15-11-16(12(3)7-2)13(4)14(5)18-15/h9,11-12,17H,1,7-8,10H2,2-5H3. The predicted octanol–water partition coefficient (Wildman–Crippen LogP) is 3.64. The third-order valence-corrected chi connectivity index (χ3v) is 3.48. The van der Waals surface area contributed by atoms with E-state index in [1.807, 2.05) is 0 Å². The molecule has 0 bridgehead atoms. The lowest BCUT2D eigenvalue weighted by molar-refractivity contribution is 0.717. The number of nitrogens with one attached hydrogen (secondary N) is 1. The molecule has 1 N–H and O–H groups in total. The molecule has 0 amide bonds. The fraction of sp³-hybridized carbons (Fsp3) is 0.500. The van der Waals surface area contributed by atoms with Crippen molar-refractivity contribution in [2.75, 3.05) is 6.54 Å². The molecule has 0 fully saturated rings. The van der Waals surface area contributed by atoms with Crippen molar-refractivity contribution >= 4 is 0 Å². The molecule has 1 heterocycles. The van der Waals surface area contributed by atoms with Gasteiger partial charge in [0.25, 0.3) is 0 Å². The smallest absolute Gasteiger partial charge is 0.0427 e. The van der Waals surface area contributed by atoms with Gasteiger partial charge < -0.3 is 5.32 Å². The molecule has 1 rings (SSSR count). The second kappa shape index (κ2) is 7.03. The van der Waals surface area contributed by atoms with Crippen molar-refractivity contribution in [2.45, 2.75) is 46.5 Å². The van der Waals surface area contributed by atoms with Crippen molar-refractivity contribution in [2.24, 2.45) is 0 Å². The molecular formula is C16H24N2. The zero-order valence-corrected chi connectivity index (χ0v) is 12.0. The van der Waals surface area contributed by atoms with Crippen molar-refractivity contribution in [1.82, 2.24) is 10.3 Å². The van der Waals surface area contributed by atoms with Crippen LogP contribution in [0.4, 0.5) is 0 Å². The van der Waals surface area contributed by atoms with Gasteiger partial charge in [0.05, 0.1) is 0 Å². The minimum atomic E-state index is 0.603. The number of hydrogen-bond acceptors (Lipinski definition) is 2. The van der Waals surface area contributed by atoms with Crippen LogP contribution in [0, 0.1) is 13.8 Å². The number of nitrogens with zero attached hydrogens (tertiary/aromatic N) is 1. The molecular weight excluding hydrogens is 220 g/mol. The predicted molar refractivity (Wildman–Crippen MR) is 77.8 cm³/mol. The number of pyridine rings is 1. The van der Waals surface area contributed by atoms with Gasteiger partial charge in [0, 0.05) is 30.6 Å². The molecule has 18 heavy (non-hydrogen) atoms. The molecule has 0 aliphatic heterocycles. The summed E-state index contributed by atoms with van der Waals surface area (Å²) in [6, 6.07) is 2.26. The van der Waals surface area contributed by atoms with Gasteiger partial charge >= 0.3 is 0 Å². The molecule has 0 aliphatic carbocycles. The molecule has 0 aliphatic rings. The Morgan fingerprint density at radius 3 is 2.83 bits per heavy atom. The quantitative estimate of drug-likeness (QED) is 0.610. The minimum absolute atomic E-state index is 0.603. The van der Waals surface area contributed by atoms with E-state index in [1.165, 1.54) is 23.2 Å². The molecule has 98 valence electrons. The van der Waals surface area contributed by atoms with Crippen LogP contribution in [-0.4, -0.2) is 11.5 Å². The molecule has 1 aromatic heterocycles. The van der Waals surface area contributed by atoms with Crippen LogP contribution in [0.25, 0.3) is 0 Å². The maximum atomic E-state index is 4.66. The molecule has 0 radical (unpaired) electrons. The largest absolute Gasteiger partial charge is 0.384 e. The highest BCUT2D eigenvalue weighted by atomic mass is 14.8. The van der Waals surface area contributed by atoms with E-state index < -0.39 is 0 Å². The summed E-state index contributed by atoms with van der Waals surface area (Å²) in [7, 11) is 0. The fourth-order valence-electron chi connectivity index (χ4n) is 2.03. The second-order valence-electron chi connectivity index (χ2n) is 4.78. The summed E-state index contributed by atoms with van der Waals surface area (Å²) in [4.78, 5) is 4.66. The molecule has 0 aromatic carbocycles. The van der Waals surface area contributed by atoms with E-state index >= 15 is 0 Å². The van der Waals surface area contributed by atoms with Crippen molar-refractivity contribution < 1.29 is 0 Å². The Kier molecular flexibility index (Phi) is 5.67. The molecule has 2 nitrogen and oxygen atoms in total. The number of rotatable bonds is 6. The minimum Gasteiger partial charge on any atom is -0.384 e. The average molecular weight is 244 g/mol. The first kappa shape index (κ1) is 14.5. The van der Waals surface area contributed by atoms with Crippen LogP contribution < -0.4 is 5.32 Å². The maximum absolute atomic E-state index is 4.66. The Bertz CT molecular complexity index is 443. The van der Waals surface area contributed by atoms with Gasteiger partial charge in [-0.1, -0.05) is 20.4 Å². The molecule has 1 atom stereocenters. The van der Waals surface area contributed by atoms with E-state index in [9.17, 15) is 0 Å². The van der Waals surface area contributed by atoms with E-state index in [1.54, 1.807) is 6.20 Å². The fourth-order valence-corrected chi connectivity index (χ4v) is 2.03. The normalized spacial score (nSPS) is 11.8. The van der Waals surface area contributed by atoms with Gasteiger partial charge in [0.1, 0.15) is 0 Å². The number of hydrogen-bond donors (Lipinski definition) is 1. The van der Waals surface area contributed by atoms with Crippen molar-refractivity contribution in [3.05, 3.63) is 47.1 Å². The van der Waals surface area contributed by atoms with E-state index in [2.05, 4.69) is 56.4 Å². The summed E-state index contributed by atoms with van der Waals surface area (Å²) in [6.07, 6.45) is 3.85. The van der Waals surface area contributed by atoms with Gasteiger partial charge in [-0.3, -0.25) is 4.98 Å². The third-order valence-electron chi connectivity index (χ3n) is 3.48. The zero-order valence-electron chi connectivity index (χ0n) is 12.0.